The van der Waals surface area contributed by atoms with Crippen molar-refractivity contribution >= 4 is 5.97 Å². The van der Waals surface area contributed by atoms with Crippen LogP contribution in [0.3, 0.4) is 0 Å². The minimum atomic E-state index is -0.284. The van der Waals surface area contributed by atoms with Crippen molar-refractivity contribution in [1.29, 1.82) is 0 Å². The maximum atomic E-state index is 11.4. The Kier molecular flexibility index (Phi) is 2.52. The molecular weight excluding hydrogens is 192 g/mol. The van der Waals surface area contributed by atoms with E-state index in [1.165, 1.54) is 12.8 Å². The second kappa shape index (κ2) is 3.70. The van der Waals surface area contributed by atoms with Crippen molar-refractivity contribution in [3.8, 4) is 0 Å². The minimum Gasteiger partial charge on any atom is -0.464 e. The summed E-state index contributed by atoms with van der Waals surface area (Å²) in [6.07, 6.45) is 1.13. The van der Waals surface area contributed by atoms with Gasteiger partial charge in [0.1, 0.15) is 5.69 Å². The summed E-state index contributed by atoms with van der Waals surface area (Å²) in [6, 6.07) is 3.81. The molecule has 1 heterocycles. The van der Waals surface area contributed by atoms with Gasteiger partial charge in [0.25, 0.3) is 0 Å². The highest BCUT2D eigenvalue weighted by molar-refractivity contribution is 5.87. The molecule has 2 unspecified atom stereocenters. The van der Waals surface area contributed by atoms with Gasteiger partial charge in [-0.2, -0.15) is 0 Å². The van der Waals surface area contributed by atoms with Gasteiger partial charge in [-0.05, 0) is 31.0 Å². The zero-order chi connectivity index (χ0) is 11.0. The third-order valence-electron chi connectivity index (χ3n) is 3.16. The minimum absolute atomic E-state index is 0.284. The maximum absolute atomic E-state index is 11.4. The molecule has 0 radical (unpaired) electrons. The fourth-order valence-electron chi connectivity index (χ4n) is 2.08. The Morgan fingerprint density at radius 3 is 2.93 bits per heavy atom. The number of hydrogen-bond donors (Lipinski definition) is 1. The second-order valence-electron chi connectivity index (χ2n) is 4.03. The van der Waals surface area contributed by atoms with Crippen molar-refractivity contribution in [2.75, 3.05) is 13.7 Å². The summed E-state index contributed by atoms with van der Waals surface area (Å²) in [5, 5.41) is 0. The van der Waals surface area contributed by atoms with Crippen LogP contribution in [0.2, 0.25) is 0 Å². The third-order valence-corrected chi connectivity index (χ3v) is 3.16. The summed E-state index contributed by atoms with van der Waals surface area (Å²) < 4.78 is 6.61. The van der Waals surface area contributed by atoms with Crippen LogP contribution in [0.4, 0.5) is 0 Å². The Morgan fingerprint density at radius 1 is 1.67 bits per heavy atom. The summed E-state index contributed by atoms with van der Waals surface area (Å²) >= 11 is 0. The molecule has 0 aromatic carbocycles. The Morgan fingerprint density at radius 2 is 2.40 bits per heavy atom. The van der Waals surface area contributed by atoms with E-state index in [9.17, 15) is 4.79 Å². The van der Waals surface area contributed by atoms with E-state index in [0.717, 1.165) is 13.0 Å². The molecule has 1 saturated carbocycles. The Labute approximate surface area is 89.0 Å². The first-order chi connectivity index (χ1) is 7.19. The molecule has 0 bridgehead atoms. The molecule has 1 aromatic heterocycles. The number of carbonyl (C=O) groups is 1. The Hall–Kier alpha value is -1.29. The molecule has 1 aromatic rings. The number of nitrogens with zero attached hydrogens (tertiary/aromatic N) is 1. The van der Waals surface area contributed by atoms with Gasteiger partial charge < -0.3 is 15.0 Å². The fraction of sp³-hybridized carbons (Fsp3) is 0.545. The van der Waals surface area contributed by atoms with E-state index in [2.05, 4.69) is 0 Å². The predicted molar refractivity (Wildman–Crippen MR) is 56.7 cm³/mol. The molecule has 15 heavy (non-hydrogen) atoms. The van der Waals surface area contributed by atoms with Crippen molar-refractivity contribution in [2.45, 2.75) is 12.3 Å². The summed E-state index contributed by atoms with van der Waals surface area (Å²) in [6.45, 7) is 0.726. The largest absolute Gasteiger partial charge is 0.464 e. The van der Waals surface area contributed by atoms with Gasteiger partial charge in [0.05, 0.1) is 7.11 Å². The zero-order valence-corrected chi connectivity index (χ0v) is 9.06. The lowest BCUT2D eigenvalue weighted by molar-refractivity contribution is 0.0589. The van der Waals surface area contributed by atoms with Crippen LogP contribution >= 0.6 is 0 Å². The van der Waals surface area contributed by atoms with Crippen molar-refractivity contribution in [3.05, 3.63) is 23.5 Å². The lowest BCUT2D eigenvalue weighted by atomic mass is 10.2. The van der Waals surface area contributed by atoms with E-state index >= 15 is 0 Å². The molecule has 0 saturated heterocycles. The van der Waals surface area contributed by atoms with Crippen LogP contribution in [0, 0.1) is 5.92 Å². The van der Waals surface area contributed by atoms with E-state index in [4.69, 9.17) is 10.5 Å². The highest BCUT2D eigenvalue weighted by Crippen LogP contribution is 2.46. The maximum Gasteiger partial charge on any atom is 0.354 e. The molecule has 82 valence electrons. The highest BCUT2D eigenvalue weighted by atomic mass is 16.5. The van der Waals surface area contributed by atoms with Crippen molar-refractivity contribution in [3.63, 3.8) is 0 Å². The number of aromatic nitrogens is 1. The standard InChI is InChI=1S/C11H16N2O2/c1-13-9(8-5-7(8)6-12)3-4-10(13)11(14)15-2/h3-4,7-8H,5-6,12H2,1-2H3. The Bertz CT molecular complexity index is 384. The molecule has 0 amide bonds. The van der Waals surface area contributed by atoms with Crippen molar-refractivity contribution < 1.29 is 9.53 Å². The number of ether oxygens (including phenoxy) is 1. The van der Waals surface area contributed by atoms with Crippen molar-refractivity contribution in [2.24, 2.45) is 18.7 Å². The number of nitrogens with two attached hydrogens (primary N) is 1. The molecule has 1 fully saturated rings. The van der Waals surface area contributed by atoms with Gasteiger partial charge in [-0.3, -0.25) is 0 Å². The van der Waals surface area contributed by atoms with Gasteiger partial charge in [0.15, 0.2) is 0 Å². The zero-order valence-electron chi connectivity index (χ0n) is 9.06. The number of esters is 1. The van der Waals surface area contributed by atoms with Gasteiger partial charge in [-0.1, -0.05) is 0 Å². The molecule has 1 aliphatic carbocycles. The molecule has 4 heteroatoms. The second-order valence-corrected chi connectivity index (χ2v) is 4.03. The van der Waals surface area contributed by atoms with Crippen LogP contribution in [0.25, 0.3) is 0 Å². The normalized spacial score (nSPS) is 23.9. The first-order valence-electron chi connectivity index (χ1n) is 5.13. The summed E-state index contributed by atoms with van der Waals surface area (Å²) in [4.78, 5) is 11.4. The van der Waals surface area contributed by atoms with Crippen LogP contribution < -0.4 is 5.73 Å². The molecule has 2 rings (SSSR count). The highest BCUT2D eigenvalue weighted by Gasteiger charge is 2.39. The summed E-state index contributed by atoms with van der Waals surface area (Å²) in [5.41, 5.74) is 7.40. The molecule has 0 spiro atoms. The van der Waals surface area contributed by atoms with E-state index < -0.39 is 0 Å². The van der Waals surface area contributed by atoms with Crippen LogP contribution in [0.1, 0.15) is 28.5 Å². The van der Waals surface area contributed by atoms with E-state index in [-0.39, 0.29) is 5.97 Å². The third kappa shape index (κ3) is 1.65. The number of methoxy groups -OCH3 is 1. The molecular formula is C11H16N2O2. The monoisotopic (exact) mass is 208 g/mol. The van der Waals surface area contributed by atoms with Crippen LogP contribution in [-0.4, -0.2) is 24.2 Å². The lowest BCUT2D eigenvalue weighted by Gasteiger charge is -2.05. The number of rotatable bonds is 3. The average Bonchev–Trinajstić information content (AvgIpc) is 2.94. The van der Waals surface area contributed by atoms with E-state index in [0.29, 0.717) is 17.5 Å². The molecule has 2 atom stereocenters. The Balaban J connectivity index is 2.21. The fourth-order valence-corrected chi connectivity index (χ4v) is 2.08. The van der Waals surface area contributed by atoms with E-state index in [1.807, 2.05) is 23.7 Å². The topological polar surface area (TPSA) is 57.2 Å². The van der Waals surface area contributed by atoms with Gasteiger partial charge >= 0.3 is 5.97 Å². The van der Waals surface area contributed by atoms with Gasteiger partial charge in [0.2, 0.25) is 0 Å². The number of carbonyl (C=O) groups excluding carboxylic acids is 1. The molecule has 0 aliphatic heterocycles. The smallest absolute Gasteiger partial charge is 0.354 e. The van der Waals surface area contributed by atoms with Gasteiger partial charge in [-0.25, -0.2) is 4.79 Å². The average molecular weight is 208 g/mol. The predicted octanol–water partition coefficient (Wildman–Crippen LogP) is 0.874. The molecule has 4 nitrogen and oxygen atoms in total. The summed E-state index contributed by atoms with van der Waals surface area (Å²) in [5.74, 6) is 0.830. The van der Waals surface area contributed by atoms with Gasteiger partial charge in [0, 0.05) is 18.7 Å². The van der Waals surface area contributed by atoms with Crippen LogP contribution in [-0.2, 0) is 11.8 Å². The first-order valence-corrected chi connectivity index (χ1v) is 5.13. The van der Waals surface area contributed by atoms with Crippen molar-refractivity contribution in [1.82, 2.24) is 4.57 Å². The number of hydrogen-bond acceptors (Lipinski definition) is 3. The van der Waals surface area contributed by atoms with E-state index in [1.54, 1.807) is 0 Å². The quantitative estimate of drug-likeness (QED) is 0.750. The van der Waals surface area contributed by atoms with Gasteiger partial charge in [-0.15, -0.1) is 0 Å². The molecule has 2 N–H and O–H groups in total. The summed E-state index contributed by atoms with van der Waals surface area (Å²) in [7, 11) is 3.29. The van der Waals surface area contributed by atoms with Crippen LogP contribution in [0.5, 0.6) is 0 Å². The van der Waals surface area contributed by atoms with Crippen LogP contribution in [0.15, 0.2) is 12.1 Å². The first kappa shape index (κ1) is 10.2. The molecule has 1 aliphatic rings. The lowest BCUT2D eigenvalue weighted by Crippen LogP contribution is -2.10. The SMILES string of the molecule is COC(=O)c1ccc(C2CC2CN)n1C.